The van der Waals surface area contributed by atoms with Crippen molar-refractivity contribution in [1.82, 2.24) is 39.0 Å². The Labute approximate surface area is 377 Å². The summed E-state index contributed by atoms with van der Waals surface area (Å²) in [5.41, 5.74) is 5.08. The maximum absolute atomic E-state index is 12.3. The van der Waals surface area contributed by atoms with Crippen molar-refractivity contribution in [3.05, 3.63) is 88.2 Å². The normalized spacial score (nSPS) is 10.9. The summed E-state index contributed by atoms with van der Waals surface area (Å²) in [7, 11) is 0. The first-order valence-corrected chi connectivity index (χ1v) is 21.5. The third-order valence-electron chi connectivity index (χ3n) is 10.2. The van der Waals surface area contributed by atoms with Crippen LogP contribution in [-0.4, -0.2) is 80.9 Å². The van der Waals surface area contributed by atoms with Crippen LogP contribution in [0.5, 0.6) is 0 Å². The van der Waals surface area contributed by atoms with Gasteiger partial charge in [0.2, 0.25) is 6.79 Å². The minimum absolute atomic E-state index is 0.0463. The molecule has 0 unspecified atom stereocenters. The Hall–Kier alpha value is -6.83. The Kier molecular flexibility index (Phi) is 19.0. The number of aliphatic carboxylic acids is 1. The highest BCUT2D eigenvalue weighted by molar-refractivity contribution is 6.17. The van der Waals surface area contributed by atoms with Gasteiger partial charge in [0, 0.05) is 39.8 Å². The van der Waals surface area contributed by atoms with Gasteiger partial charge < -0.3 is 28.5 Å². The number of H-pyrrole nitrogens is 2. The van der Waals surface area contributed by atoms with Gasteiger partial charge in [-0.05, 0) is 99.9 Å². The minimum Gasteiger partial charge on any atom is -0.481 e. The summed E-state index contributed by atoms with van der Waals surface area (Å²) in [6.07, 6.45) is 6.52. The number of carbonyl (C=O) groups is 4. The second-order valence-electron chi connectivity index (χ2n) is 15.2. The zero-order valence-corrected chi connectivity index (χ0v) is 38.0. The van der Waals surface area contributed by atoms with Crippen LogP contribution in [0.25, 0.3) is 45.1 Å². The molecular weight excluding hydrogens is 868 g/mol. The van der Waals surface area contributed by atoms with Crippen LogP contribution in [0.3, 0.4) is 0 Å². The highest BCUT2D eigenvalue weighted by atomic mass is 35.5. The first-order valence-electron chi connectivity index (χ1n) is 20.9. The average molecular weight is 921 g/mol. The molecule has 0 saturated carbocycles. The van der Waals surface area contributed by atoms with E-state index in [1.165, 1.54) is 13.8 Å². The van der Waals surface area contributed by atoms with E-state index in [1.54, 1.807) is 0 Å². The molecule has 348 valence electrons. The number of hydrogen-bond donors (Lipinski definition) is 3. The van der Waals surface area contributed by atoms with Gasteiger partial charge in [-0.2, -0.15) is 9.97 Å². The van der Waals surface area contributed by atoms with Gasteiger partial charge in [0.1, 0.15) is 0 Å². The summed E-state index contributed by atoms with van der Waals surface area (Å²) in [6.45, 7) is 11.3. The molecule has 0 atom stereocenters. The molecule has 21 heteroatoms. The van der Waals surface area contributed by atoms with Crippen molar-refractivity contribution in [2.24, 2.45) is 0 Å². The van der Waals surface area contributed by atoms with E-state index in [0.717, 1.165) is 71.8 Å². The number of aryl methyl sites for hydroxylation is 6. The predicted octanol–water partition coefficient (Wildman–Crippen LogP) is 5.20. The van der Waals surface area contributed by atoms with Crippen molar-refractivity contribution in [3.63, 3.8) is 0 Å². The Balaban J connectivity index is 0.000000255. The molecule has 4 aliphatic rings. The van der Waals surface area contributed by atoms with Crippen LogP contribution in [0.1, 0.15) is 100 Å². The van der Waals surface area contributed by atoms with E-state index in [0.29, 0.717) is 37.0 Å². The minimum atomic E-state index is -0.784. The summed E-state index contributed by atoms with van der Waals surface area (Å²) in [6, 6.07) is 7.79. The quantitative estimate of drug-likeness (QED) is 0.0349. The Bertz CT molecular complexity index is 2830. The molecule has 4 heterocycles. The van der Waals surface area contributed by atoms with Crippen molar-refractivity contribution in [3.8, 4) is 23.0 Å². The van der Waals surface area contributed by atoms with Gasteiger partial charge >= 0.3 is 35.3 Å². The van der Waals surface area contributed by atoms with Crippen LogP contribution in [0.4, 0.5) is 0 Å². The van der Waals surface area contributed by atoms with Crippen LogP contribution in [-0.2, 0) is 46.5 Å². The molecule has 2 aromatic carbocycles. The molecular formula is C44H53ClN8O12. The van der Waals surface area contributed by atoms with Gasteiger partial charge in [0.05, 0.1) is 22.1 Å². The SMILES string of the molecule is CC(=O)OCCl.CC(=O)OCOC(=O)CCCCCCn1c2nc(=O)[nH]c(=O)c-2nc2cc(C)c(C)cc21.Cc1cc2nc3c(=O)[nH]c(=O)nc-3n(CCCCCCC(=O)O)c2cc1C. The number of carboxylic acid groups (broad SMARTS) is 1. The van der Waals surface area contributed by atoms with E-state index in [4.69, 9.17) is 21.4 Å². The Morgan fingerprint density at radius 1 is 0.585 bits per heavy atom. The van der Waals surface area contributed by atoms with Crippen LogP contribution < -0.4 is 22.5 Å². The van der Waals surface area contributed by atoms with Crippen molar-refractivity contribution < 1.29 is 38.5 Å². The molecule has 0 spiro atoms. The van der Waals surface area contributed by atoms with Gasteiger partial charge in [0.25, 0.3) is 11.1 Å². The molecule has 0 radical (unpaired) electrons. The number of rotatable bonds is 17. The van der Waals surface area contributed by atoms with Gasteiger partial charge in [-0.1, -0.05) is 37.3 Å². The molecule has 0 amide bonds. The lowest BCUT2D eigenvalue weighted by atomic mass is 10.1. The molecule has 0 bridgehead atoms. The number of nitrogens with zero attached hydrogens (tertiary/aromatic N) is 6. The summed E-state index contributed by atoms with van der Waals surface area (Å²) in [5, 5.41) is 8.70. The highest BCUT2D eigenvalue weighted by Gasteiger charge is 2.21. The van der Waals surface area contributed by atoms with Gasteiger partial charge in [-0.15, -0.1) is 0 Å². The molecule has 20 nitrogen and oxygen atoms in total. The Morgan fingerprint density at radius 3 is 1.40 bits per heavy atom. The van der Waals surface area contributed by atoms with E-state index in [1.807, 2.05) is 61.1 Å². The van der Waals surface area contributed by atoms with Crippen LogP contribution in [0.15, 0.2) is 43.4 Å². The molecule has 4 aliphatic heterocycles. The highest BCUT2D eigenvalue weighted by Crippen LogP contribution is 2.26. The molecule has 0 aliphatic carbocycles. The van der Waals surface area contributed by atoms with E-state index < -0.39 is 40.4 Å². The number of halogens is 1. The van der Waals surface area contributed by atoms with Gasteiger partial charge in [0.15, 0.2) is 29.1 Å². The van der Waals surface area contributed by atoms with E-state index in [-0.39, 0.29) is 54.7 Å². The number of carboxylic acids is 1. The lowest BCUT2D eigenvalue weighted by Crippen LogP contribution is -2.29. The summed E-state index contributed by atoms with van der Waals surface area (Å²) in [5.74, 6) is -1.49. The topological polar surface area (TPSA) is 277 Å². The lowest BCUT2D eigenvalue weighted by Gasteiger charge is -2.17. The third-order valence-corrected chi connectivity index (χ3v) is 10.3. The van der Waals surface area contributed by atoms with E-state index >= 15 is 0 Å². The number of benzene rings is 2. The van der Waals surface area contributed by atoms with E-state index in [9.17, 15) is 38.4 Å². The fraction of sp³-hybridized carbons (Fsp3) is 0.455. The molecule has 0 saturated heterocycles. The number of alkyl halides is 1. The number of aromatic nitrogens is 8. The molecule has 2 aromatic rings. The van der Waals surface area contributed by atoms with Crippen molar-refractivity contribution in [2.75, 3.05) is 12.9 Å². The van der Waals surface area contributed by atoms with Crippen LogP contribution in [0.2, 0.25) is 0 Å². The summed E-state index contributed by atoms with van der Waals surface area (Å²) >= 11 is 4.95. The lowest BCUT2D eigenvalue weighted by molar-refractivity contribution is -0.165. The zero-order valence-electron chi connectivity index (χ0n) is 37.2. The smallest absolute Gasteiger partial charge is 0.349 e. The molecule has 0 fully saturated rings. The third kappa shape index (κ3) is 14.9. The maximum Gasteiger partial charge on any atom is 0.349 e. The van der Waals surface area contributed by atoms with E-state index in [2.05, 4.69) is 39.4 Å². The summed E-state index contributed by atoms with van der Waals surface area (Å²) < 4.78 is 17.3. The largest absolute Gasteiger partial charge is 0.481 e. The molecule has 0 aromatic heterocycles. The molecule has 65 heavy (non-hydrogen) atoms. The van der Waals surface area contributed by atoms with Gasteiger partial charge in [-0.25, -0.2) is 19.6 Å². The first kappa shape index (κ1) is 50.8. The fourth-order valence-corrected chi connectivity index (χ4v) is 6.83. The monoisotopic (exact) mass is 920 g/mol. The average Bonchev–Trinajstić information content (AvgIpc) is 3.22. The van der Waals surface area contributed by atoms with Crippen molar-refractivity contribution >= 4 is 57.5 Å². The number of ether oxygens (including phenoxy) is 3. The Morgan fingerprint density at radius 2 is 1.00 bits per heavy atom. The standard InChI is InChI=1S/C22H26N4O6.C19H22N4O4.C3H5ClO2/c1-13-10-16-17(11-14(13)2)26(20-19(23-16)21(29)25-22(30)24-20)9-7-5-4-6-8-18(28)32-12-31-15(3)27;1-11-9-13-14(10-12(11)2)23(8-6-4-3-5-7-15(24)25)17-16(20-13)18(26)22-19(27)21-17;1-3(5)6-2-4/h10-11H,4-9,12H2,1-3H3,(H,25,29,30);9-10H,3-8H2,1-2H3,(H,24,25)(H,22,26,27);2H2,1H3. The first-order chi connectivity index (χ1) is 30.9. The molecule has 3 N–H and O–H groups in total. The van der Waals surface area contributed by atoms with Crippen molar-refractivity contribution in [2.45, 2.75) is 119 Å². The number of nitrogens with one attached hydrogen (secondary N) is 2. The number of aromatic amines is 2. The maximum atomic E-state index is 12.3. The van der Waals surface area contributed by atoms with Crippen LogP contribution in [0, 0.1) is 27.7 Å². The number of carbonyl (C=O) groups excluding carboxylic acids is 3. The summed E-state index contributed by atoms with van der Waals surface area (Å²) in [4.78, 5) is 112. The molecule has 6 rings (SSSR count). The fourth-order valence-electron chi connectivity index (χ4n) is 6.67. The second-order valence-corrected chi connectivity index (χ2v) is 15.4. The number of hydrogen-bond acceptors (Lipinski definition) is 15. The number of fused-ring (bicyclic) bond motifs is 4. The van der Waals surface area contributed by atoms with Gasteiger partial charge in [-0.3, -0.25) is 38.7 Å². The number of unbranched alkanes of at least 4 members (excludes halogenated alkanes) is 6. The van der Waals surface area contributed by atoms with Crippen molar-refractivity contribution in [1.29, 1.82) is 0 Å². The number of esters is 3. The second kappa shape index (κ2) is 24.3. The van der Waals surface area contributed by atoms with Crippen LogP contribution >= 0.6 is 11.6 Å². The zero-order chi connectivity index (χ0) is 47.8. The predicted molar refractivity (Wildman–Crippen MR) is 240 cm³/mol.